The Bertz CT molecular complexity index is 1020. The van der Waals surface area contributed by atoms with E-state index in [-0.39, 0.29) is 35.5 Å². The van der Waals surface area contributed by atoms with Crippen LogP contribution in [0.4, 0.5) is 5.69 Å². The van der Waals surface area contributed by atoms with Gasteiger partial charge in [0, 0.05) is 34.5 Å². The predicted octanol–water partition coefficient (Wildman–Crippen LogP) is 0.830. The molecule has 2 atom stereocenters. The Hall–Kier alpha value is -3.32. The largest absolute Gasteiger partial charge is 0.351 e. The van der Waals surface area contributed by atoms with Crippen LogP contribution < -0.4 is 15.5 Å². The maximum atomic E-state index is 12.8. The number of amides is 2. The number of carbonyl (C=O) groups is 4. The molecule has 30 heavy (non-hydrogen) atoms. The van der Waals surface area contributed by atoms with E-state index in [0.717, 1.165) is 11.3 Å². The van der Waals surface area contributed by atoms with Crippen molar-refractivity contribution >= 4 is 29.1 Å². The number of hydrogen-bond acceptors (Lipinski definition) is 4. The molecule has 0 fully saturated rings. The summed E-state index contributed by atoms with van der Waals surface area (Å²) in [7, 11) is 1.78. The van der Waals surface area contributed by atoms with Gasteiger partial charge in [-0.3, -0.25) is 19.2 Å². The van der Waals surface area contributed by atoms with Crippen LogP contribution in [0.15, 0.2) is 42.5 Å². The maximum absolute atomic E-state index is 12.8. The highest BCUT2D eigenvalue weighted by atomic mass is 16.2. The van der Waals surface area contributed by atoms with Crippen LogP contribution in [0.3, 0.4) is 0 Å². The van der Waals surface area contributed by atoms with Crippen LogP contribution in [-0.2, 0) is 9.59 Å². The Labute approximate surface area is 175 Å². The molecule has 2 aromatic rings. The first-order valence-corrected chi connectivity index (χ1v) is 10.1. The van der Waals surface area contributed by atoms with Crippen LogP contribution in [0.2, 0.25) is 0 Å². The van der Waals surface area contributed by atoms with E-state index in [2.05, 4.69) is 10.6 Å². The fraction of sp³-hybridized carbons (Fsp3) is 0.304. The second-order valence-corrected chi connectivity index (χ2v) is 7.55. The zero-order chi connectivity index (χ0) is 21.8. The van der Waals surface area contributed by atoms with Gasteiger partial charge in [0.15, 0.2) is 24.2 Å². The number of ketones is 2. The summed E-state index contributed by atoms with van der Waals surface area (Å²) in [6.07, 6.45) is 0.852. The van der Waals surface area contributed by atoms with Gasteiger partial charge in [-0.05, 0) is 31.5 Å². The van der Waals surface area contributed by atoms with E-state index in [0.29, 0.717) is 28.9 Å². The molecule has 0 spiro atoms. The first-order valence-electron chi connectivity index (χ1n) is 10.1. The lowest BCUT2D eigenvalue weighted by Gasteiger charge is -2.21. The molecule has 0 aliphatic heterocycles. The monoisotopic (exact) mass is 408 g/mol. The molecule has 0 bridgehead atoms. The lowest BCUT2D eigenvalue weighted by Crippen LogP contribution is -3.15. The van der Waals surface area contributed by atoms with Gasteiger partial charge >= 0.3 is 0 Å². The third-order valence-electron chi connectivity index (χ3n) is 5.34. The van der Waals surface area contributed by atoms with E-state index < -0.39 is 6.04 Å². The smallest absolute Gasteiger partial charge is 0.282 e. The predicted molar refractivity (Wildman–Crippen MR) is 113 cm³/mol. The second kappa shape index (κ2) is 9.00. The van der Waals surface area contributed by atoms with Crippen LogP contribution in [0.5, 0.6) is 0 Å². The quantitative estimate of drug-likeness (QED) is 0.540. The molecule has 7 heteroatoms. The van der Waals surface area contributed by atoms with Gasteiger partial charge in [0.1, 0.15) is 0 Å². The molecule has 1 unspecified atom stereocenters. The van der Waals surface area contributed by atoms with Crippen molar-refractivity contribution in [1.29, 1.82) is 0 Å². The Kier molecular flexibility index (Phi) is 6.42. The van der Waals surface area contributed by atoms with Crippen molar-refractivity contribution < 1.29 is 24.1 Å². The van der Waals surface area contributed by atoms with Crippen molar-refractivity contribution in [2.75, 3.05) is 25.5 Å². The summed E-state index contributed by atoms with van der Waals surface area (Å²) in [5.74, 6) is -0.815. The fourth-order valence-corrected chi connectivity index (χ4v) is 3.38. The number of carbonyl (C=O) groups excluding carboxylic acids is 4. The van der Waals surface area contributed by atoms with Gasteiger partial charge in [-0.25, -0.2) is 0 Å². The van der Waals surface area contributed by atoms with Crippen LogP contribution in [0.25, 0.3) is 0 Å². The number of quaternary nitrogens is 1. The molecule has 1 aliphatic rings. The van der Waals surface area contributed by atoms with Crippen molar-refractivity contribution in [3.8, 4) is 0 Å². The van der Waals surface area contributed by atoms with Crippen LogP contribution in [0.1, 0.15) is 52.1 Å². The molecule has 156 valence electrons. The summed E-state index contributed by atoms with van der Waals surface area (Å²) in [5, 5.41) is 5.59. The minimum atomic E-state index is -0.480. The number of benzene rings is 2. The van der Waals surface area contributed by atoms with E-state index in [1.807, 2.05) is 6.92 Å². The molecule has 2 amide bonds. The van der Waals surface area contributed by atoms with E-state index >= 15 is 0 Å². The van der Waals surface area contributed by atoms with E-state index in [1.54, 1.807) is 56.4 Å². The van der Waals surface area contributed by atoms with E-state index in [9.17, 15) is 19.2 Å². The number of nitrogens with one attached hydrogen (secondary N) is 3. The lowest BCUT2D eigenvalue weighted by atomic mass is 9.84. The maximum Gasteiger partial charge on any atom is 0.282 e. The molecule has 3 N–H and O–H groups in total. The van der Waals surface area contributed by atoms with Gasteiger partial charge in [0.2, 0.25) is 0 Å². The summed E-state index contributed by atoms with van der Waals surface area (Å²) < 4.78 is 0. The molecule has 1 aliphatic carbocycles. The topological polar surface area (TPSA) is 96.8 Å². The van der Waals surface area contributed by atoms with Crippen LogP contribution in [-0.4, -0.2) is 49.6 Å². The molecular weight excluding hydrogens is 382 g/mol. The number of anilines is 1. The minimum absolute atomic E-state index is 0.106. The molecule has 7 nitrogen and oxygen atoms in total. The summed E-state index contributed by atoms with van der Waals surface area (Å²) in [4.78, 5) is 50.8. The average molecular weight is 408 g/mol. The first-order chi connectivity index (χ1) is 14.3. The highest BCUT2D eigenvalue weighted by Gasteiger charge is 2.30. The molecule has 0 saturated heterocycles. The van der Waals surface area contributed by atoms with Gasteiger partial charge in [0.25, 0.3) is 11.8 Å². The Morgan fingerprint density at radius 1 is 0.967 bits per heavy atom. The fourth-order valence-electron chi connectivity index (χ4n) is 3.38. The summed E-state index contributed by atoms with van der Waals surface area (Å²) in [6.45, 7) is 4.50. The number of likely N-dealkylation sites (N-methyl/N-ethyl adjacent to an activating group) is 1. The zero-order valence-corrected chi connectivity index (χ0v) is 17.4. The highest BCUT2D eigenvalue weighted by Crippen LogP contribution is 2.29. The van der Waals surface area contributed by atoms with Gasteiger partial charge in [-0.2, -0.15) is 0 Å². The minimum Gasteiger partial charge on any atom is -0.351 e. The molecule has 0 saturated carbocycles. The summed E-state index contributed by atoms with van der Waals surface area (Å²) in [6, 6.07) is 11.0. The van der Waals surface area contributed by atoms with Crippen molar-refractivity contribution in [2.45, 2.75) is 26.3 Å². The Balaban J connectivity index is 1.72. The van der Waals surface area contributed by atoms with Gasteiger partial charge in [-0.15, -0.1) is 0 Å². The standard InChI is InChI=1S/C23H25N3O4/c1-4-11-24-20(27)13-26(3)14(2)23(30)25-15-9-10-18-19(12-15)22(29)17-8-6-5-7-16(17)21(18)28/h5-10,12,14H,4,11,13H2,1-3H3,(H,24,27)(H,25,30)/p+1/t14-/m0/s1. The molecule has 2 aromatic carbocycles. The SMILES string of the molecule is CCCNC(=O)C[NH+](C)[C@@H](C)C(=O)Nc1ccc2c(c1)C(=O)c1ccccc1C2=O. The van der Waals surface area contributed by atoms with Crippen molar-refractivity contribution in [3.63, 3.8) is 0 Å². The normalized spacial score (nSPS) is 14.4. The molecule has 3 rings (SSSR count). The molecular formula is C23H26N3O4+. The van der Waals surface area contributed by atoms with Crippen LogP contribution in [0, 0.1) is 0 Å². The number of fused-ring (bicyclic) bond motifs is 2. The highest BCUT2D eigenvalue weighted by molar-refractivity contribution is 6.28. The number of hydrogen-bond donors (Lipinski definition) is 3. The van der Waals surface area contributed by atoms with Crippen molar-refractivity contribution in [1.82, 2.24) is 5.32 Å². The van der Waals surface area contributed by atoms with Gasteiger partial charge < -0.3 is 15.5 Å². The van der Waals surface area contributed by atoms with E-state index in [1.165, 1.54) is 0 Å². The van der Waals surface area contributed by atoms with Gasteiger partial charge in [0.05, 0.1) is 7.05 Å². The zero-order valence-electron chi connectivity index (χ0n) is 17.4. The Morgan fingerprint density at radius 2 is 1.57 bits per heavy atom. The Morgan fingerprint density at radius 3 is 2.20 bits per heavy atom. The van der Waals surface area contributed by atoms with Crippen molar-refractivity contribution in [2.24, 2.45) is 0 Å². The third kappa shape index (κ3) is 4.31. The molecule has 0 heterocycles. The molecule has 0 aromatic heterocycles. The number of rotatable bonds is 7. The summed E-state index contributed by atoms with van der Waals surface area (Å²) in [5.41, 5.74) is 1.82. The summed E-state index contributed by atoms with van der Waals surface area (Å²) >= 11 is 0. The lowest BCUT2D eigenvalue weighted by molar-refractivity contribution is -0.885. The van der Waals surface area contributed by atoms with E-state index in [4.69, 9.17) is 0 Å². The second-order valence-electron chi connectivity index (χ2n) is 7.55. The average Bonchev–Trinajstić information content (AvgIpc) is 2.75. The van der Waals surface area contributed by atoms with Crippen molar-refractivity contribution in [3.05, 3.63) is 64.7 Å². The van der Waals surface area contributed by atoms with Gasteiger partial charge in [-0.1, -0.05) is 31.2 Å². The third-order valence-corrected chi connectivity index (χ3v) is 5.34. The first kappa shape index (κ1) is 21.4. The van der Waals surface area contributed by atoms with Crippen LogP contribution >= 0.6 is 0 Å². The molecule has 0 radical (unpaired) electrons.